The molecule has 0 saturated carbocycles. The lowest BCUT2D eigenvalue weighted by molar-refractivity contribution is -0.117. The van der Waals surface area contributed by atoms with Gasteiger partial charge in [-0.15, -0.1) is 0 Å². The Balaban J connectivity index is 1.68. The van der Waals surface area contributed by atoms with Crippen LogP contribution in [0.25, 0.3) is 10.8 Å². The van der Waals surface area contributed by atoms with E-state index in [1.165, 1.54) is 13.2 Å². The molecule has 0 spiro atoms. The van der Waals surface area contributed by atoms with Crippen molar-refractivity contribution in [3.8, 4) is 5.75 Å². The van der Waals surface area contributed by atoms with Gasteiger partial charge in [0.15, 0.2) is 0 Å². The third-order valence-corrected chi connectivity index (χ3v) is 7.05. The Hall–Kier alpha value is -3.68. The van der Waals surface area contributed by atoms with Gasteiger partial charge in [-0.25, -0.2) is 8.42 Å². The Morgan fingerprint density at radius 1 is 0.912 bits per heavy atom. The minimum Gasteiger partial charge on any atom is -0.495 e. The molecule has 1 amide bonds. The van der Waals surface area contributed by atoms with Gasteiger partial charge in [0, 0.05) is 11.1 Å². The first-order chi connectivity index (χ1) is 16.4. The van der Waals surface area contributed by atoms with E-state index < -0.39 is 22.0 Å². The lowest BCUT2D eigenvalue weighted by atomic mass is 10.1. The molecule has 4 aromatic rings. The summed E-state index contributed by atoms with van der Waals surface area (Å²) in [5.41, 5.74) is 2.22. The molecule has 0 heterocycles. The van der Waals surface area contributed by atoms with Crippen LogP contribution < -0.4 is 14.8 Å². The lowest BCUT2D eigenvalue weighted by Gasteiger charge is -2.20. The summed E-state index contributed by atoms with van der Waals surface area (Å²) in [6.45, 7) is 1.80. The van der Waals surface area contributed by atoms with Gasteiger partial charge in [-0.3, -0.25) is 4.79 Å². The smallest absolute Gasteiger partial charge is 0.245 e. The molecule has 1 atom stereocenters. The van der Waals surface area contributed by atoms with Gasteiger partial charge < -0.3 is 10.1 Å². The normalized spacial score (nSPS) is 12.3. The molecule has 4 aromatic carbocycles. The first-order valence-corrected chi connectivity index (χ1v) is 12.4. The Bertz CT molecular complexity index is 1410. The summed E-state index contributed by atoms with van der Waals surface area (Å²) in [5.74, 6) is -0.235. The number of anilines is 1. The summed E-state index contributed by atoms with van der Waals surface area (Å²) >= 11 is 0. The number of rotatable bonds is 8. The molecule has 0 aliphatic rings. The molecular formula is C27H26N2O4S. The van der Waals surface area contributed by atoms with E-state index in [0.29, 0.717) is 5.69 Å². The molecular weight excluding hydrogens is 448 g/mol. The summed E-state index contributed by atoms with van der Waals surface area (Å²) < 4.78 is 34.6. The number of carbonyl (C=O) groups is 1. The van der Waals surface area contributed by atoms with E-state index in [2.05, 4.69) is 10.0 Å². The van der Waals surface area contributed by atoms with Crippen LogP contribution in [0.3, 0.4) is 0 Å². The summed E-state index contributed by atoms with van der Waals surface area (Å²) in [6, 6.07) is 26.5. The quantitative estimate of drug-likeness (QED) is 0.388. The molecule has 0 saturated heterocycles. The van der Waals surface area contributed by atoms with Gasteiger partial charge in [0.25, 0.3) is 0 Å². The molecule has 0 fully saturated rings. The van der Waals surface area contributed by atoms with Gasteiger partial charge in [0.2, 0.25) is 15.9 Å². The van der Waals surface area contributed by atoms with Crippen LogP contribution in [0, 0.1) is 6.92 Å². The SMILES string of the molecule is COc1ccc(C)cc1S(=O)(=O)NC(Cc1ccccc1)C(=O)Nc1cccc2ccccc12. The van der Waals surface area contributed by atoms with Crippen LogP contribution in [-0.4, -0.2) is 27.5 Å². The van der Waals surface area contributed by atoms with Gasteiger partial charge in [-0.05, 0) is 48.1 Å². The molecule has 1 unspecified atom stereocenters. The third kappa shape index (κ3) is 5.27. The van der Waals surface area contributed by atoms with Gasteiger partial charge in [0.1, 0.15) is 16.7 Å². The van der Waals surface area contributed by atoms with Crippen molar-refractivity contribution in [1.29, 1.82) is 0 Å². The number of fused-ring (bicyclic) bond motifs is 1. The minimum absolute atomic E-state index is 0.00831. The van der Waals surface area contributed by atoms with Gasteiger partial charge in [-0.1, -0.05) is 72.8 Å². The van der Waals surface area contributed by atoms with Gasteiger partial charge in [-0.2, -0.15) is 4.72 Å². The maximum atomic E-state index is 13.4. The highest BCUT2D eigenvalue weighted by Crippen LogP contribution is 2.26. The Morgan fingerprint density at radius 3 is 2.38 bits per heavy atom. The number of sulfonamides is 1. The van der Waals surface area contributed by atoms with E-state index in [9.17, 15) is 13.2 Å². The standard InChI is InChI=1S/C27H26N2O4S/c1-19-15-16-25(33-2)26(17-19)34(31,32)29-24(18-20-9-4-3-5-10-20)27(30)28-23-14-8-12-21-11-6-7-13-22(21)23/h3-17,24,29H,18H2,1-2H3,(H,28,30). The van der Waals surface area contributed by atoms with Crippen LogP contribution >= 0.6 is 0 Å². The van der Waals surface area contributed by atoms with E-state index in [1.54, 1.807) is 25.1 Å². The fourth-order valence-electron chi connectivity index (χ4n) is 3.84. The van der Waals surface area contributed by atoms with Crippen LogP contribution in [-0.2, 0) is 21.2 Å². The number of hydrogen-bond acceptors (Lipinski definition) is 4. The maximum Gasteiger partial charge on any atom is 0.245 e. The second-order valence-corrected chi connectivity index (χ2v) is 9.72. The van der Waals surface area contributed by atoms with Crippen molar-refractivity contribution in [3.63, 3.8) is 0 Å². The Morgan fingerprint density at radius 2 is 1.62 bits per heavy atom. The largest absolute Gasteiger partial charge is 0.495 e. The van der Waals surface area contributed by atoms with Crippen LogP contribution in [0.5, 0.6) is 5.75 Å². The molecule has 6 nitrogen and oxygen atoms in total. The number of amides is 1. The van der Waals surface area contributed by atoms with E-state index in [4.69, 9.17) is 4.74 Å². The second kappa shape index (κ2) is 10.1. The molecule has 0 aliphatic heterocycles. The molecule has 2 N–H and O–H groups in total. The number of carbonyl (C=O) groups excluding carboxylic acids is 1. The molecule has 7 heteroatoms. The van der Waals surface area contributed by atoms with Crippen molar-refractivity contribution in [3.05, 3.63) is 102 Å². The first kappa shape index (κ1) is 23.5. The molecule has 0 bridgehead atoms. The van der Waals surface area contributed by atoms with Crippen LogP contribution in [0.1, 0.15) is 11.1 Å². The lowest BCUT2D eigenvalue weighted by Crippen LogP contribution is -2.45. The van der Waals surface area contributed by atoms with Crippen LogP contribution in [0.2, 0.25) is 0 Å². The molecule has 0 radical (unpaired) electrons. The van der Waals surface area contributed by atoms with Crippen molar-refractivity contribution >= 4 is 32.4 Å². The highest BCUT2D eigenvalue weighted by atomic mass is 32.2. The highest BCUT2D eigenvalue weighted by Gasteiger charge is 2.28. The van der Waals surface area contributed by atoms with Crippen molar-refractivity contribution < 1.29 is 17.9 Å². The fourth-order valence-corrected chi connectivity index (χ4v) is 5.29. The molecule has 4 rings (SSSR count). The fraction of sp³-hybridized carbons (Fsp3) is 0.148. The monoisotopic (exact) mass is 474 g/mol. The number of nitrogens with one attached hydrogen (secondary N) is 2. The molecule has 0 aromatic heterocycles. The first-order valence-electron chi connectivity index (χ1n) is 10.9. The Labute approximate surface area is 199 Å². The minimum atomic E-state index is -4.06. The second-order valence-electron chi connectivity index (χ2n) is 8.03. The van der Waals surface area contributed by atoms with Crippen molar-refractivity contribution in [1.82, 2.24) is 4.72 Å². The summed E-state index contributed by atoms with van der Waals surface area (Å²) in [6.07, 6.45) is 0.185. The number of methoxy groups -OCH3 is 1. The molecule has 0 aliphatic carbocycles. The highest BCUT2D eigenvalue weighted by molar-refractivity contribution is 7.89. The number of benzene rings is 4. The maximum absolute atomic E-state index is 13.4. The van der Waals surface area contributed by atoms with Crippen LogP contribution in [0.4, 0.5) is 5.69 Å². The summed E-state index contributed by atoms with van der Waals surface area (Å²) in [4.78, 5) is 13.4. The Kier molecular flexibility index (Phi) is 6.95. The predicted molar refractivity (Wildman–Crippen MR) is 135 cm³/mol. The van der Waals surface area contributed by atoms with E-state index >= 15 is 0 Å². The van der Waals surface area contributed by atoms with Gasteiger partial charge >= 0.3 is 0 Å². The number of ether oxygens (including phenoxy) is 1. The van der Waals surface area contributed by atoms with Crippen molar-refractivity contribution in [2.75, 3.05) is 12.4 Å². The summed E-state index contributed by atoms with van der Waals surface area (Å²) in [7, 11) is -2.65. The zero-order valence-electron chi connectivity index (χ0n) is 19.0. The van der Waals surface area contributed by atoms with Gasteiger partial charge in [0.05, 0.1) is 7.11 Å². The number of aryl methyl sites for hydroxylation is 1. The number of hydrogen-bond donors (Lipinski definition) is 2. The van der Waals surface area contributed by atoms with E-state index in [-0.39, 0.29) is 17.1 Å². The average molecular weight is 475 g/mol. The third-order valence-electron chi connectivity index (χ3n) is 5.55. The zero-order chi connectivity index (χ0) is 24.1. The molecule has 174 valence electrons. The topological polar surface area (TPSA) is 84.5 Å². The van der Waals surface area contributed by atoms with Crippen molar-refractivity contribution in [2.45, 2.75) is 24.3 Å². The predicted octanol–water partition coefficient (Wildman–Crippen LogP) is 4.69. The zero-order valence-corrected chi connectivity index (χ0v) is 19.8. The molecule has 34 heavy (non-hydrogen) atoms. The summed E-state index contributed by atoms with van der Waals surface area (Å²) in [5, 5.41) is 4.77. The van der Waals surface area contributed by atoms with Crippen molar-refractivity contribution in [2.24, 2.45) is 0 Å². The average Bonchev–Trinajstić information content (AvgIpc) is 2.84. The van der Waals surface area contributed by atoms with E-state index in [1.807, 2.05) is 66.7 Å². The van der Waals surface area contributed by atoms with E-state index in [0.717, 1.165) is 21.9 Å². The van der Waals surface area contributed by atoms with Crippen LogP contribution in [0.15, 0.2) is 95.9 Å².